The van der Waals surface area contributed by atoms with E-state index < -0.39 is 0 Å². The molecule has 1 saturated heterocycles. The van der Waals surface area contributed by atoms with Gasteiger partial charge in [-0.05, 0) is 20.0 Å². The smallest absolute Gasteiger partial charge is 0.273 e. The predicted octanol–water partition coefficient (Wildman–Crippen LogP) is 0.811. The van der Waals surface area contributed by atoms with Crippen molar-refractivity contribution in [3.05, 3.63) is 16.1 Å². The van der Waals surface area contributed by atoms with E-state index in [1.807, 2.05) is 10.3 Å². The van der Waals surface area contributed by atoms with Crippen LogP contribution in [0, 0.1) is 0 Å². The highest BCUT2D eigenvalue weighted by atomic mass is 32.1. The molecule has 0 spiro atoms. The second-order valence-corrected chi connectivity index (χ2v) is 5.84. The minimum Gasteiger partial charge on any atom is -0.334 e. The van der Waals surface area contributed by atoms with Crippen molar-refractivity contribution in [1.29, 1.82) is 0 Å². The molecule has 1 atom stereocenters. The van der Waals surface area contributed by atoms with E-state index >= 15 is 0 Å². The van der Waals surface area contributed by atoms with Crippen LogP contribution >= 0.6 is 11.3 Å². The number of likely N-dealkylation sites (N-methyl/N-ethyl adjacent to an activating group) is 1. The molecule has 1 aromatic rings. The highest BCUT2D eigenvalue weighted by Crippen LogP contribution is 2.15. The van der Waals surface area contributed by atoms with Gasteiger partial charge in [0.15, 0.2) is 0 Å². The van der Waals surface area contributed by atoms with Crippen molar-refractivity contribution in [3.8, 4) is 0 Å². The van der Waals surface area contributed by atoms with Gasteiger partial charge in [0, 0.05) is 37.5 Å². The van der Waals surface area contributed by atoms with Crippen LogP contribution in [-0.4, -0.2) is 59.5 Å². The maximum Gasteiger partial charge on any atom is 0.273 e. The van der Waals surface area contributed by atoms with Crippen LogP contribution in [0.4, 0.5) is 0 Å². The molecular weight excluding hydrogens is 260 g/mol. The van der Waals surface area contributed by atoms with Crippen molar-refractivity contribution < 1.29 is 4.79 Å². The summed E-state index contributed by atoms with van der Waals surface area (Å²) in [4.78, 5) is 21.1. The Labute approximate surface area is 118 Å². The van der Waals surface area contributed by atoms with Crippen molar-refractivity contribution in [1.82, 2.24) is 14.8 Å². The predicted molar refractivity (Wildman–Crippen MR) is 77.5 cm³/mol. The SMILES string of the molecule is CCN1CCN(C(=O)c2csc(CCN)n2)CC1C. The van der Waals surface area contributed by atoms with E-state index in [1.54, 1.807) is 0 Å². The summed E-state index contributed by atoms with van der Waals surface area (Å²) in [6.45, 7) is 8.48. The molecule has 1 fully saturated rings. The van der Waals surface area contributed by atoms with E-state index in [1.165, 1.54) is 11.3 Å². The van der Waals surface area contributed by atoms with Gasteiger partial charge in [-0.3, -0.25) is 9.69 Å². The summed E-state index contributed by atoms with van der Waals surface area (Å²) in [5.41, 5.74) is 6.08. The van der Waals surface area contributed by atoms with Crippen LogP contribution in [0.2, 0.25) is 0 Å². The molecule has 0 aliphatic carbocycles. The van der Waals surface area contributed by atoms with Crippen LogP contribution in [0.25, 0.3) is 0 Å². The van der Waals surface area contributed by atoms with Crippen molar-refractivity contribution in [3.63, 3.8) is 0 Å². The van der Waals surface area contributed by atoms with Gasteiger partial charge < -0.3 is 10.6 Å². The number of hydrogen-bond donors (Lipinski definition) is 1. The Morgan fingerprint density at radius 2 is 2.37 bits per heavy atom. The summed E-state index contributed by atoms with van der Waals surface area (Å²) in [5.74, 6) is 0.0575. The summed E-state index contributed by atoms with van der Waals surface area (Å²) in [7, 11) is 0. The molecule has 0 bridgehead atoms. The van der Waals surface area contributed by atoms with Crippen LogP contribution in [0.1, 0.15) is 29.3 Å². The molecule has 5 nitrogen and oxygen atoms in total. The first-order valence-electron chi connectivity index (χ1n) is 6.83. The number of amides is 1. The molecule has 1 aromatic heterocycles. The molecule has 0 saturated carbocycles. The van der Waals surface area contributed by atoms with E-state index in [4.69, 9.17) is 5.73 Å². The number of aromatic nitrogens is 1. The summed E-state index contributed by atoms with van der Waals surface area (Å²) < 4.78 is 0. The third kappa shape index (κ3) is 3.32. The van der Waals surface area contributed by atoms with Gasteiger partial charge in [0.25, 0.3) is 5.91 Å². The van der Waals surface area contributed by atoms with E-state index in [2.05, 4.69) is 23.7 Å². The normalized spacial score (nSPS) is 20.8. The molecule has 1 aliphatic heterocycles. The van der Waals surface area contributed by atoms with Crippen LogP contribution < -0.4 is 5.73 Å². The first kappa shape index (κ1) is 14.4. The zero-order valence-corrected chi connectivity index (χ0v) is 12.4. The highest BCUT2D eigenvalue weighted by Gasteiger charge is 2.27. The zero-order valence-electron chi connectivity index (χ0n) is 11.6. The lowest BCUT2D eigenvalue weighted by atomic mass is 10.2. The molecule has 106 valence electrons. The zero-order chi connectivity index (χ0) is 13.8. The molecule has 1 unspecified atom stereocenters. The molecule has 0 radical (unpaired) electrons. The number of carbonyl (C=O) groups excluding carboxylic acids is 1. The van der Waals surface area contributed by atoms with E-state index in [0.29, 0.717) is 18.3 Å². The number of piperazine rings is 1. The molecule has 1 amide bonds. The summed E-state index contributed by atoms with van der Waals surface area (Å²) >= 11 is 1.52. The molecule has 6 heteroatoms. The lowest BCUT2D eigenvalue weighted by molar-refractivity contribution is 0.0523. The summed E-state index contributed by atoms with van der Waals surface area (Å²) in [6.07, 6.45) is 0.748. The minimum atomic E-state index is 0.0575. The van der Waals surface area contributed by atoms with Gasteiger partial charge in [0.05, 0.1) is 5.01 Å². The lowest BCUT2D eigenvalue weighted by Crippen LogP contribution is -2.53. The Hall–Kier alpha value is -0.980. The monoisotopic (exact) mass is 282 g/mol. The second kappa shape index (κ2) is 6.45. The van der Waals surface area contributed by atoms with Gasteiger partial charge in [-0.1, -0.05) is 6.92 Å². The standard InChI is InChI=1S/C13H22N4OS/c1-3-16-6-7-17(8-10(16)2)13(18)11-9-19-12(15-11)4-5-14/h9-10H,3-8,14H2,1-2H3. The maximum absolute atomic E-state index is 12.4. The first-order valence-corrected chi connectivity index (χ1v) is 7.71. The van der Waals surface area contributed by atoms with Crippen molar-refractivity contribution in [2.75, 3.05) is 32.7 Å². The van der Waals surface area contributed by atoms with Crippen molar-refractivity contribution in [2.24, 2.45) is 5.73 Å². The van der Waals surface area contributed by atoms with E-state index in [0.717, 1.165) is 37.6 Å². The maximum atomic E-state index is 12.4. The Balaban J connectivity index is 1.99. The minimum absolute atomic E-state index is 0.0575. The van der Waals surface area contributed by atoms with Gasteiger partial charge in [0.2, 0.25) is 0 Å². The second-order valence-electron chi connectivity index (χ2n) is 4.89. The molecule has 19 heavy (non-hydrogen) atoms. The quantitative estimate of drug-likeness (QED) is 0.888. The summed E-state index contributed by atoms with van der Waals surface area (Å²) in [6, 6.07) is 0.421. The number of thiazole rings is 1. The molecule has 2 heterocycles. The lowest BCUT2D eigenvalue weighted by Gasteiger charge is -2.39. The fraction of sp³-hybridized carbons (Fsp3) is 0.692. The van der Waals surface area contributed by atoms with Gasteiger partial charge in [-0.2, -0.15) is 0 Å². The topological polar surface area (TPSA) is 62.5 Å². The molecular formula is C13H22N4OS. The Morgan fingerprint density at radius 3 is 3.00 bits per heavy atom. The van der Waals surface area contributed by atoms with Crippen molar-refractivity contribution in [2.45, 2.75) is 26.3 Å². The van der Waals surface area contributed by atoms with Gasteiger partial charge in [0.1, 0.15) is 5.69 Å². The third-order valence-corrected chi connectivity index (χ3v) is 4.50. The third-order valence-electron chi connectivity index (χ3n) is 3.59. The Kier molecular flexibility index (Phi) is 4.90. The van der Waals surface area contributed by atoms with Crippen LogP contribution in [0.15, 0.2) is 5.38 Å². The fourth-order valence-electron chi connectivity index (χ4n) is 2.46. The number of carbonyl (C=O) groups is 1. The number of nitrogens with zero attached hydrogens (tertiary/aromatic N) is 3. The first-order chi connectivity index (χ1) is 9.15. The average Bonchev–Trinajstić information content (AvgIpc) is 2.87. The number of nitrogens with two attached hydrogens (primary N) is 1. The molecule has 1 aliphatic rings. The van der Waals surface area contributed by atoms with E-state index in [-0.39, 0.29) is 5.91 Å². The Morgan fingerprint density at radius 1 is 1.58 bits per heavy atom. The largest absolute Gasteiger partial charge is 0.334 e. The molecule has 2 N–H and O–H groups in total. The van der Waals surface area contributed by atoms with Gasteiger partial charge >= 0.3 is 0 Å². The summed E-state index contributed by atoms with van der Waals surface area (Å²) in [5, 5.41) is 2.80. The fourth-order valence-corrected chi connectivity index (χ4v) is 3.25. The van der Waals surface area contributed by atoms with Crippen molar-refractivity contribution >= 4 is 17.2 Å². The van der Waals surface area contributed by atoms with Gasteiger partial charge in [-0.15, -0.1) is 11.3 Å². The van der Waals surface area contributed by atoms with Crippen LogP contribution in [0.3, 0.4) is 0 Å². The molecule has 2 rings (SSSR count). The highest BCUT2D eigenvalue weighted by molar-refractivity contribution is 7.09. The van der Waals surface area contributed by atoms with Crippen LogP contribution in [0.5, 0.6) is 0 Å². The molecule has 0 aromatic carbocycles. The Bertz CT molecular complexity index is 434. The van der Waals surface area contributed by atoms with Gasteiger partial charge in [-0.25, -0.2) is 4.98 Å². The number of rotatable bonds is 4. The van der Waals surface area contributed by atoms with E-state index in [9.17, 15) is 4.79 Å². The number of hydrogen-bond acceptors (Lipinski definition) is 5. The van der Waals surface area contributed by atoms with Crippen LogP contribution in [-0.2, 0) is 6.42 Å². The average molecular weight is 282 g/mol.